The molecular formula is C20H18ClN3O2. The van der Waals surface area contributed by atoms with Crippen LogP contribution in [0.3, 0.4) is 0 Å². The van der Waals surface area contributed by atoms with Crippen LogP contribution in [0.15, 0.2) is 48.5 Å². The second kappa shape index (κ2) is 6.84. The molecule has 1 atom stereocenters. The number of aromatic nitrogens is 2. The predicted octanol–water partition coefficient (Wildman–Crippen LogP) is 4.42. The molecule has 4 rings (SSSR count). The molecule has 0 fully saturated rings. The van der Waals surface area contributed by atoms with Gasteiger partial charge in [0.2, 0.25) is 5.91 Å². The minimum Gasteiger partial charge on any atom is -0.489 e. The standard InChI is InChI=1S/C20H18ClN3O2/c1-12-19-16(10-18(25)22-20(19)24-23-12)15-7-2-3-8-17(15)26-11-13-5-4-6-14(21)9-13/h2-9,16H,10-11H2,1H3,(H2,22,23,24,25)/t16-/m1/s1. The number of aryl methyl sites for hydroxylation is 1. The molecule has 0 radical (unpaired) electrons. The number of rotatable bonds is 4. The number of fused-ring (bicyclic) bond motifs is 1. The number of anilines is 1. The Bertz CT molecular complexity index is 967. The number of carbonyl (C=O) groups is 1. The van der Waals surface area contributed by atoms with Crippen LogP contribution in [-0.2, 0) is 11.4 Å². The van der Waals surface area contributed by atoms with Crippen LogP contribution >= 0.6 is 11.6 Å². The number of nitrogens with zero attached hydrogens (tertiary/aromatic N) is 1. The van der Waals surface area contributed by atoms with Crippen LogP contribution in [0.2, 0.25) is 5.02 Å². The van der Waals surface area contributed by atoms with E-state index in [1.165, 1.54) is 0 Å². The van der Waals surface area contributed by atoms with Crippen molar-refractivity contribution < 1.29 is 9.53 Å². The molecule has 0 aliphatic carbocycles. The van der Waals surface area contributed by atoms with E-state index >= 15 is 0 Å². The summed E-state index contributed by atoms with van der Waals surface area (Å²) >= 11 is 6.05. The number of amides is 1. The number of benzene rings is 2. The normalized spacial score (nSPS) is 16.1. The number of ether oxygens (including phenoxy) is 1. The second-order valence-corrected chi connectivity index (χ2v) is 6.81. The van der Waals surface area contributed by atoms with Crippen molar-refractivity contribution >= 4 is 23.3 Å². The smallest absolute Gasteiger partial charge is 0.226 e. The Hall–Kier alpha value is -2.79. The van der Waals surface area contributed by atoms with E-state index in [2.05, 4.69) is 15.5 Å². The molecule has 1 aliphatic heterocycles. The van der Waals surface area contributed by atoms with Gasteiger partial charge in [-0.2, -0.15) is 5.10 Å². The lowest BCUT2D eigenvalue weighted by Crippen LogP contribution is -2.23. The minimum absolute atomic E-state index is 0.0429. The molecule has 132 valence electrons. The zero-order chi connectivity index (χ0) is 18.1. The lowest BCUT2D eigenvalue weighted by molar-refractivity contribution is -0.116. The first kappa shape index (κ1) is 16.7. The van der Waals surface area contributed by atoms with E-state index < -0.39 is 0 Å². The third-order valence-electron chi connectivity index (χ3n) is 4.57. The summed E-state index contributed by atoms with van der Waals surface area (Å²) in [6.07, 6.45) is 0.366. The number of hydrogen-bond donors (Lipinski definition) is 2. The van der Waals surface area contributed by atoms with E-state index in [4.69, 9.17) is 16.3 Å². The molecule has 1 aromatic heterocycles. The van der Waals surface area contributed by atoms with Gasteiger partial charge < -0.3 is 10.1 Å². The van der Waals surface area contributed by atoms with Crippen molar-refractivity contribution in [2.45, 2.75) is 25.9 Å². The maximum Gasteiger partial charge on any atom is 0.226 e. The molecule has 3 aromatic rings. The van der Waals surface area contributed by atoms with Crippen molar-refractivity contribution in [3.63, 3.8) is 0 Å². The zero-order valence-corrected chi connectivity index (χ0v) is 15.0. The summed E-state index contributed by atoms with van der Waals surface area (Å²) in [5.74, 6) is 1.24. The van der Waals surface area contributed by atoms with E-state index in [0.717, 1.165) is 28.1 Å². The number of H-pyrrole nitrogens is 1. The second-order valence-electron chi connectivity index (χ2n) is 6.37. The van der Waals surface area contributed by atoms with Gasteiger partial charge in [0, 0.05) is 34.2 Å². The Balaban J connectivity index is 1.66. The topological polar surface area (TPSA) is 67.0 Å². The fraction of sp³-hybridized carbons (Fsp3) is 0.200. The van der Waals surface area contributed by atoms with Gasteiger partial charge in [-0.1, -0.05) is 41.9 Å². The maximum absolute atomic E-state index is 12.1. The zero-order valence-electron chi connectivity index (χ0n) is 14.3. The van der Waals surface area contributed by atoms with E-state index in [9.17, 15) is 4.79 Å². The predicted molar refractivity (Wildman–Crippen MR) is 101 cm³/mol. The van der Waals surface area contributed by atoms with E-state index in [1.54, 1.807) is 0 Å². The molecule has 26 heavy (non-hydrogen) atoms. The fourth-order valence-corrected chi connectivity index (χ4v) is 3.60. The molecule has 2 N–H and O–H groups in total. The van der Waals surface area contributed by atoms with Gasteiger partial charge in [-0.05, 0) is 30.7 Å². The van der Waals surface area contributed by atoms with Gasteiger partial charge in [0.15, 0.2) is 5.82 Å². The number of nitrogens with one attached hydrogen (secondary N) is 2. The van der Waals surface area contributed by atoms with Gasteiger partial charge in [-0.25, -0.2) is 0 Å². The Morgan fingerprint density at radius 1 is 1.23 bits per heavy atom. The first-order chi connectivity index (χ1) is 12.6. The van der Waals surface area contributed by atoms with Crippen LogP contribution in [0.1, 0.15) is 34.7 Å². The van der Waals surface area contributed by atoms with Crippen molar-refractivity contribution in [3.05, 3.63) is 75.9 Å². The van der Waals surface area contributed by atoms with Crippen molar-refractivity contribution in [2.75, 3.05) is 5.32 Å². The number of aromatic amines is 1. The summed E-state index contributed by atoms with van der Waals surface area (Å²) in [6.45, 7) is 2.37. The highest BCUT2D eigenvalue weighted by atomic mass is 35.5. The molecule has 2 heterocycles. The Morgan fingerprint density at radius 2 is 2.08 bits per heavy atom. The Kier molecular flexibility index (Phi) is 4.39. The first-order valence-electron chi connectivity index (χ1n) is 8.42. The Morgan fingerprint density at radius 3 is 2.92 bits per heavy atom. The highest BCUT2D eigenvalue weighted by Gasteiger charge is 2.32. The Labute approximate surface area is 156 Å². The van der Waals surface area contributed by atoms with Crippen LogP contribution in [0.5, 0.6) is 5.75 Å². The van der Waals surface area contributed by atoms with Crippen molar-refractivity contribution in [1.29, 1.82) is 0 Å². The lowest BCUT2D eigenvalue weighted by atomic mass is 9.85. The molecule has 2 aromatic carbocycles. The maximum atomic E-state index is 12.1. The van der Waals surface area contributed by atoms with E-state index in [1.807, 2.05) is 55.5 Å². The van der Waals surface area contributed by atoms with Gasteiger partial charge in [-0.3, -0.25) is 9.89 Å². The summed E-state index contributed by atoms with van der Waals surface area (Å²) in [4.78, 5) is 12.1. The van der Waals surface area contributed by atoms with Crippen LogP contribution < -0.4 is 10.1 Å². The largest absolute Gasteiger partial charge is 0.489 e. The molecule has 0 spiro atoms. The molecule has 0 bridgehead atoms. The highest BCUT2D eigenvalue weighted by Crippen LogP contribution is 2.41. The average molecular weight is 368 g/mol. The number of halogens is 1. The van der Waals surface area contributed by atoms with Gasteiger partial charge >= 0.3 is 0 Å². The fourth-order valence-electron chi connectivity index (χ4n) is 3.38. The summed E-state index contributed by atoms with van der Waals surface area (Å²) in [5.41, 5.74) is 3.95. The molecule has 6 heteroatoms. The number of para-hydroxylation sites is 1. The highest BCUT2D eigenvalue weighted by molar-refractivity contribution is 6.30. The number of carbonyl (C=O) groups excluding carboxylic acids is 1. The minimum atomic E-state index is -0.0898. The van der Waals surface area contributed by atoms with Gasteiger partial charge in [0.25, 0.3) is 0 Å². The molecular weight excluding hydrogens is 350 g/mol. The SMILES string of the molecule is Cc1[nH]nc2c1[C@@H](c1ccccc1OCc1cccc(Cl)c1)CC(=O)N2. The van der Waals surface area contributed by atoms with E-state index in [0.29, 0.717) is 23.9 Å². The molecule has 5 nitrogen and oxygen atoms in total. The quantitative estimate of drug-likeness (QED) is 0.717. The van der Waals surface area contributed by atoms with Gasteiger partial charge in [0.1, 0.15) is 12.4 Å². The molecule has 0 unspecified atom stereocenters. The monoisotopic (exact) mass is 367 g/mol. The number of hydrogen-bond acceptors (Lipinski definition) is 3. The summed E-state index contributed by atoms with van der Waals surface area (Å²) in [7, 11) is 0. The van der Waals surface area contributed by atoms with Crippen molar-refractivity contribution in [2.24, 2.45) is 0 Å². The molecule has 1 aliphatic rings. The van der Waals surface area contributed by atoms with Crippen molar-refractivity contribution in [3.8, 4) is 5.75 Å². The molecule has 1 amide bonds. The summed E-state index contributed by atoms with van der Waals surface area (Å²) < 4.78 is 6.08. The summed E-state index contributed by atoms with van der Waals surface area (Å²) in [5, 5.41) is 10.7. The van der Waals surface area contributed by atoms with Gasteiger partial charge in [0.05, 0.1) is 0 Å². The van der Waals surface area contributed by atoms with Crippen LogP contribution in [-0.4, -0.2) is 16.1 Å². The van der Waals surface area contributed by atoms with E-state index in [-0.39, 0.29) is 11.8 Å². The van der Waals surface area contributed by atoms with Crippen molar-refractivity contribution in [1.82, 2.24) is 10.2 Å². The van der Waals surface area contributed by atoms with Crippen LogP contribution in [0.25, 0.3) is 0 Å². The third kappa shape index (κ3) is 3.18. The summed E-state index contributed by atoms with van der Waals surface area (Å²) in [6, 6.07) is 15.4. The van der Waals surface area contributed by atoms with Gasteiger partial charge in [-0.15, -0.1) is 0 Å². The van der Waals surface area contributed by atoms with Crippen LogP contribution in [0, 0.1) is 6.92 Å². The lowest BCUT2D eigenvalue weighted by Gasteiger charge is -2.25. The molecule has 0 saturated carbocycles. The molecule has 0 saturated heterocycles. The average Bonchev–Trinajstić information content (AvgIpc) is 3.00. The van der Waals surface area contributed by atoms with Crippen LogP contribution in [0.4, 0.5) is 5.82 Å². The first-order valence-corrected chi connectivity index (χ1v) is 8.80. The third-order valence-corrected chi connectivity index (χ3v) is 4.80.